The van der Waals surface area contributed by atoms with Gasteiger partial charge in [0.1, 0.15) is 5.82 Å². The summed E-state index contributed by atoms with van der Waals surface area (Å²) in [5.74, 6) is -0.499. The van der Waals surface area contributed by atoms with E-state index in [1.54, 1.807) is 12.1 Å². The fraction of sp³-hybridized carbons (Fsp3) is 0.533. The lowest BCUT2D eigenvalue weighted by Gasteiger charge is -2.43. The number of fused-ring (bicyclic) bond motifs is 1. The van der Waals surface area contributed by atoms with Crippen LogP contribution in [0.25, 0.3) is 0 Å². The van der Waals surface area contributed by atoms with Crippen molar-refractivity contribution in [2.75, 3.05) is 13.2 Å². The van der Waals surface area contributed by atoms with Crippen molar-refractivity contribution in [3.05, 3.63) is 34.1 Å². The van der Waals surface area contributed by atoms with Gasteiger partial charge in [-0.05, 0) is 40.9 Å². The molecule has 2 aliphatic rings. The highest BCUT2D eigenvalue weighted by molar-refractivity contribution is 9.10. The first kappa shape index (κ1) is 14.0. The van der Waals surface area contributed by atoms with Crippen molar-refractivity contribution in [3.8, 4) is 0 Å². The van der Waals surface area contributed by atoms with Gasteiger partial charge < -0.3 is 9.64 Å². The summed E-state index contributed by atoms with van der Waals surface area (Å²) in [7, 11) is 0. The van der Waals surface area contributed by atoms with Gasteiger partial charge in [-0.1, -0.05) is 18.9 Å². The highest BCUT2D eigenvalue weighted by Gasteiger charge is 2.37. The molecule has 1 aliphatic heterocycles. The van der Waals surface area contributed by atoms with Crippen LogP contribution in [0.3, 0.4) is 0 Å². The number of morpholine rings is 1. The van der Waals surface area contributed by atoms with Gasteiger partial charge in [0.05, 0.1) is 28.8 Å². The first-order chi connectivity index (χ1) is 9.68. The zero-order chi connectivity index (χ0) is 14.1. The Bertz CT molecular complexity index is 521. The number of halogens is 2. The van der Waals surface area contributed by atoms with E-state index in [9.17, 15) is 9.18 Å². The Hall–Kier alpha value is -0.940. The molecule has 0 spiro atoms. The van der Waals surface area contributed by atoms with Gasteiger partial charge in [-0.3, -0.25) is 4.79 Å². The fourth-order valence-corrected chi connectivity index (χ4v) is 3.61. The molecule has 2 fully saturated rings. The summed E-state index contributed by atoms with van der Waals surface area (Å²) in [5, 5.41) is 0. The van der Waals surface area contributed by atoms with Gasteiger partial charge in [-0.2, -0.15) is 0 Å². The zero-order valence-electron chi connectivity index (χ0n) is 11.1. The Morgan fingerprint density at radius 1 is 1.35 bits per heavy atom. The molecule has 0 radical (unpaired) electrons. The third kappa shape index (κ3) is 2.49. The number of hydrogen-bond acceptors (Lipinski definition) is 2. The van der Waals surface area contributed by atoms with E-state index in [4.69, 9.17) is 4.74 Å². The van der Waals surface area contributed by atoms with Crippen LogP contribution >= 0.6 is 15.9 Å². The van der Waals surface area contributed by atoms with Crippen molar-refractivity contribution in [1.29, 1.82) is 0 Å². The minimum absolute atomic E-state index is 0.100. The molecule has 1 saturated carbocycles. The van der Waals surface area contributed by atoms with Crippen LogP contribution in [0, 0.1) is 5.82 Å². The summed E-state index contributed by atoms with van der Waals surface area (Å²) in [6.45, 7) is 1.16. The normalized spacial score (nSPS) is 26.2. The molecule has 3 nitrogen and oxygen atoms in total. The first-order valence-electron chi connectivity index (χ1n) is 7.05. The van der Waals surface area contributed by atoms with E-state index in [1.165, 1.54) is 6.07 Å². The van der Waals surface area contributed by atoms with Crippen LogP contribution in [0.15, 0.2) is 22.7 Å². The van der Waals surface area contributed by atoms with Gasteiger partial charge in [-0.15, -0.1) is 0 Å². The lowest BCUT2D eigenvalue weighted by Crippen LogP contribution is -2.54. The predicted octanol–water partition coefficient (Wildman–Crippen LogP) is 3.37. The fourth-order valence-electron chi connectivity index (χ4n) is 3.17. The molecule has 1 aliphatic carbocycles. The maximum absolute atomic E-state index is 13.6. The molecule has 2 unspecified atom stereocenters. The van der Waals surface area contributed by atoms with Gasteiger partial charge in [0, 0.05) is 6.54 Å². The third-order valence-corrected chi connectivity index (χ3v) is 4.98. The van der Waals surface area contributed by atoms with Crippen molar-refractivity contribution in [1.82, 2.24) is 4.90 Å². The Balaban J connectivity index is 1.87. The minimum Gasteiger partial charge on any atom is -0.374 e. The lowest BCUT2D eigenvalue weighted by molar-refractivity contribution is -0.0753. The molecule has 20 heavy (non-hydrogen) atoms. The van der Waals surface area contributed by atoms with Gasteiger partial charge in [0.15, 0.2) is 0 Å². The van der Waals surface area contributed by atoms with Gasteiger partial charge in [-0.25, -0.2) is 4.39 Å². The van der Waals surface area contributed by atoms with Crippen molar-refractivity contribution in [2.45, 2.75) is 37.8 Å². The number of hydrogen-bond donors (Lipinski definition) is 0. The molecule has 2 atom stereocenters. The quantitative estimate of drug-likeness (QED) is 0.783. The van der Waals surface area contributed by atoms with E-state index < -0.39 is 5.82 Å². The molecule has 1 aromatic rings. The average Bonchev–Trinajstić information content (AvgIpc) is 2.49. The average molecular weight is 342 g/mol. The first-order valence-corrected chi connectivity index (χ1v) is 7.84. The molecular formula is C15H17BrFNO2. The second kappa shape index (κ2) is 5.82. The van der Waals surface area contributed by atoms with Crippen LogP contribution in [0.1, 0.15) is 36.0 Å². The Morgan fingerprint density at radius 3 is 3.00 bits per heavy atom. The molecule has 1 saturated heterocycles. The van der Waals surface area contributed by atoms with Crippen LogP contribution in [-0.4, -0.2) is 36.1 Å². The highest BCUT2D eigenvalue weighted by Crippen LogP contribution is 2.31. The van der Waals surface area contributed by atoms with E-state index in [-0.39, 0.29) is 22.5 Å². The Labute approximate surface area is 126 Å². The summed E-state index contributed by atoms with van der Waals surface area (Å²) < 4.78 is 19.6. The van der Waals surface area contributed by atoms with Crippen LogP contribution in [-0.2, 0) is 4.74 Å². The van der Waals surface area contributed by atoms with Crippen LogP contribution in [0.2, 0.25) is 0 Å². The maximum Gasteiger partial charge on any atom is 0.255 e. The molecular weight excluding hydrogens is 325 g/mol. The monoisotopic (exact) mass is 341 g/mol. The third-order valence-electron chi connectivity index (χ3n) is 4.18. The van der Waals surface area contributed by atoms with E-state index in [0.29, 0.717) is 18.7 Å². The molecule has 0 N–H and O–H groups in total. The topological polar surface area (TPSA) is 29.5 Å². The van der Waals surface area contributed by atoms with Crippen molar-refractivity contribution < 1.29 is 13.9 Å². The summed E-state index contributed by atoms with van der Waals surface area (Å²) in [6.07, 6.45) is 4.42. The molecule has 1 aromatic carbocycles. The molecule has 1 amide bonds. The highest BCUT2D eigenvalue weighted by atomic mass is 79.9. The number of rotatable bonds is 1. The molecule has 5 heteroatoms. The standard InChI is InChI=1S/C15H17BrFNO2/c16-14-10(4-3-5-11(14)17)15(19)18-8-9-20-13-7-2-1-6-12(13)18/h3-5,12-13H,1-2,6-9H2. The van der Waals surface area contributed by atoms with E-state index in [0.717, 1.165) is 25.7 Å². The van der Waals surface area contributed by atoms with E-state index in [2.05, 4.69) is 15.9 Å². The number of benzene rings is 1. The summed E-state index contributed by atoms with van der Waals surface area (Å²) in [5.41, 5.74) is 0.399. The van der Waals surface area contributed by atoms with Gasteiger partial charge >= 0.3 is 0 Å². The number of ether oxygens (including phenoxy) is 1. The molecule has 1 heterocycles. The van der Waals surface area contributed by atoms with Gasteiger partial charge in [0.25, 0.3) is 5.91 Å². The summed E-state index contributed by atoms with van der Waals surface area (Å²) in [6, 6.07) is 4.73. The number of amides is 1. The van der Waals surface area contributed by atoms with Crippen LogP contribution in [0.4, 0.5) is 4.39 Å². The number of carbonyl (C=O) groups is 1. The minimum atomic E-state index is -0.399. The van der Waals surface area contributed by atoms with Crippen LogP contribution < -0.4 is 0 Å². The van der Waals surface area contributed by atoms with Crippen molar-refractivity contribution >= 4 is 21.8 Å². The summed E-state index contributed by atoms with van der Waals surface area (Å²) >= 11 is 3.18. The number of carbonyl (C=O) groups excluding carboxylic acids is 1. The molecule has 0 bridgehead atoms. The lowest BCUT2D eigenvalue weighted by atomic mass is 9.89. The van der Waals surface area contributed by atoms with Crippen molar-refractivity contribution in [2.24, 2.45) is 0 Å². The maximum atomic E-state index is 13.6. The van der Waals surface area contributed by atoms with Crippen LogP contribution in [0.5, 0.6) is 0 Å². The van der Waals surface area contributed by atoms with Gasteiger partial charge in [0.2, 0.25) is 0 Å². The zero-order valence-corrected chi connectivity index (χ0v) is 12.7. The Morgan fingerprint density at radius 2 is 2.15 bits per heavy atom. The van der Waals surface area contributed by atoms with Crippen molar-refractivity contribution in [3.63, 3.8) is 0 Å². The Kier molecular flexibility index (Phi) is 4.08. The second-order valence-electron chi connectivity index (χ2n) is 5.36. The SMILES string of the molecule is O=C(c1cccc(F)c1Br)N1CCOC2CCCCC21. The van der Waals surface area contributed by atoms with E-state index in [1.807, 2.05) is 4.90 Å². The molecule has 3 rings (SSSR count). The second-order valence-corrected chi connectivity index (χ2v) is 6.15. The predicted molar refractivity (Wildman–Crippen MR) is 77.1 cm³/mol. The molecule has 0 aromatic heterocycles. The molecule has 108 valence electrons. The largest absolute Gasteiger partial charge is 0.374 e. The van der Waals surface area contributed by atoms with E-state index >= 15 is 0 Å². The summed E-state index contributed by atoms with van der Waals surface area (Å²) in [4.78, 5) is 14.6. The number of nitrogens with zero attached hydrogens (tertiary/aromatic N) is 1. The smallest absolute Gasteiger partial charge is 0.255 e.